The molecule has 182 valence electrons. The second kappa shape index (κ2) is 12.0. The average molecular weight is 488 g/mol. The summed E-state index contributed by atoms with van der Waals surface area (Å²) in [7, 11) is -1.95. The van der Waals surface area contributed by atoms with Crippen LogP contribution in [0.25, 0.3) is 0 Å². The maximum Gasteiger partial charge on any atom is 0.235 e. The summed E-state index contributed by atoms with van der Waals surface area (Å²) in [6.07, 6.45) is 10.1. The number of methoxy groups -OCH3 is 1. The number of carbonyl (C=O) groups excluding carboxylic acids is 1. The molecule has 1 N–H and O–H groups in total. The Kier molecular flexibility index (Phi) is 9.66. The van der Waals surface area contributed by atoms with E-state index in [2.05, 4.69) is 11.4 Å². The van der Waals surface area contributed by atoms with Crippen molar-refractivity contribution in [2.24, 2.45) is 5.92 Å². The highest BCUT2D eigenvalue weighted by Crippen LogP contribution is 2.34. The van der Waals surface area contributed by atoms with Crippen LogP contribution in [0.3, 0.4) is 0 Å². The zero-order valence-corrected chi connectivity index (χ0v) is 20.7. The van der Waals surface area contributed by atoms with Crippen LogP contribution in [0.2, 0.25) is 0 Å². The van der Waals surface area contributed by atoms with Gasteiger partial charge in [-0.1, -0.05) is 19.3 Å². The molecule has 0 heterocycles. The molecule has 0 aliphatic heterocycles. The molecule has 32 heavy (non-hydrogen) atoms. The third kappa shape index (κ3) is 6.59. The third-order valence-electron chi connectivity index (χ3n) is 7.59. The molecule has 3 unspecified atom stereocenters. The zero-order chi connectivity index (χ0) is 23.1. The third-order valence-corrected chi connectivity index (χ3v) is 10.4. The number of carbonyl (C=O) groups is 1. The van der Waals surface area contributed by atoms with Gasteiger partial charge in [0.25, 0.3) is 0 Å². The first-order valence-corrected chi connectivity index (χ1v) is 14.1. The van der Waals surface area contributed by atoms with Crippen LogP contribution < -0.4 is 5.32 Å². The van der Waals surface area contributed by atoms with Crippen LogP contribution in [0.5, 0.6) is 0 Å². The molecule has 0 bridgehead atoms. The number of nitriles is 1. The van der Waals surface area contributed by atoms with E-state index in [4.69, 9.17) is 21.6 Å². The van der Waals surface area contributed by atoms with Gasteiger partial charge in [0.05, 0.1) is 29.3 Å². The number of nitrogens with zero attached hydrogens (tertiary/aromatic N) is 2. The second-order valence-electron chi connectivity index (χ2n) is 9.75. The van der Waals surface area contributed by atoms with Gasteiger partial charge in [0.1, 0.15) is 0 Å². The summed E-state index contributed by atoms with van der Waals surface area (Å²) in [4.78, 5) is 13.0. The van der Waals surface area contributed by atoms with E-state index >= 15 is 0 Å². The molecule has 3 rings (SSSR count). The predicted molar refractivity (Wildman–Crippen MR) is 125 cm³/mol. The summed E-state index contributed by atoms with van der Waals surface area (Å²) >= 11 is 6.52. The fraction of sp³-hybridized carbons (Fsp3) is 0.913. The van der Waals surface area contributed by atoms with Gasteiger partial charge in [-0.15, -0.1) is 11.6 Å². The number of hydrogen-bond acceptors (Lipinski definition) is 5. The van der Waals surface area contributed by atoms with Gasteiger partial charge >= 0.3 is 0 Å². The Morgan fingerprint density at radius 1 is 1.09 bits per heavy atom. The topological polar surface area (TPSA) is 99.5 Å². The van der Waals surface area contributed by atoms with Gasteiger partial charge in [-0.2, -0.15) is 9.57 Å². The molecule has 3 aliphatic rings. The fourth-order valence-corrected chi connectivity index (χ4v) is 8.28. The van der Waals surface area contributed by atoms with E-state index in [9.17, 15) is 13.2 Å². The summed E-state index contributed by atoms with van der Waals surface area (Å²) in [5.74, 6) is 0.182. The molecule has 0 radical (unpaired) electrons. The van der Waals surface area contributed by atoms with Crippen LogP contribution in [0, 0.1) is 17.2 Å². The molecule has 9 heteroatoms. The van der Waals surface area contributed by atoms with Crippen molar-refractivity contribution in [1.29, 1.82) is 5.26 Å². The molecule has 0 saturated heterocycles. The van der Waals surface area contributed by atoms with E-state index in [1.807, 2.05) is 0 Å². The Labute approximate surface area is 198 Å². The van der Waals surface area contributed by atoms with Crippen molar-refractivity contribution in [3.8, 4) is 6.07 Å². The number of hydrogen-bond donors (Lipinski definition) is 1. The fourth-order valence-electron chi connectivity index (χ4n) is 5.63. The summed E-state index contributed by atoms with van der Waals surface area (Å²) in [6.45, 7) is -0.136. The van der Waals surface area contributed by atoms with Crippen molar-refractivity contribution in [2.75, 3.05) is 13.7 Å². The van der Waals surface area contributed by atoms with Gasteiger partial charge in [0, 0.05) is 25.6 Å². The van der Waals surface area contributed by atoms with Crippen LogP contribution >= 0.6 is 11.6 Å². The van der Waals surface area contributed by atoms with Crippen molar-refractivity contribution < 1.29 is 17.9 Å². The Hall–Kier alpha value is -0.880. The lowest BCUT2D eigenvalue weighted by Crippen LogP contribution is -2.53. The molecular weight excluding hydrogens is 450 g/mol. The highest BCUT2D eigenvalue weighted by atomic mass is 35.5. The van der Waals surface area contributed by atoms with E-state index in [1.54, 1.807) is 7.11 Å². The summed E-state index contributed by atoms with van der Waals surface area (Å²) in [5, 5.41) is 11.3. The van der Waals surface area contributed by atoms with Crippen LogP contribution in [0.1, 0.15) is 83.5 Å². The number of amides is 1. The van der Waals surface area contributed by atoms with Crippen LogP contribution in [-0.2, 0) is 19.6 Å². The maximum absolute atomic E-state index is 13.6. The molecule has 3 atom stereocenters. The van der Waals surface area contributed by atoms with E-state index in [1.165, 1.54) is 4.31 Å². The molecular formula is C23H38ClN3O4S. The molecule has 3 fully saturated rings. The number of rotatable bonds is 8. The highest BCUT2D eigenvalue weighted by Gasteiger charge is 2.42. The molecule has 0 aromatic rings. The number of ether oxygens (including phenoxy) is 1. The van der Waals surface area contributed by atoms with Crippen molar-refractivity contribution in [2.45, 2.75) is 112 Å². The first kappa shape index (κ1) is 25.7. The first-order chi connectivity index (χ1) is 15.3. The van der Waals surface area contributed by atoms with Crippen LogP contribution in [0.15, 0.2) is 0 Å². The number of nitrogens with one attached hydrogen (secondary N) is 1. The highest BCUT2D eigenvalue weighted by molar-refractivity contribution is 7.89. The van der Waals surface area contributed by atoms with Crippen molar-refractivity contribution in [3.05, 3.63) is 0 Å². The Balaban J connectivity index is 1.67. The van der Waals surface area contributed by atoms with Gasteiger partial charge in [-0.25, -0.2) is 8.42 Å². The van der Waals surface area contributed by atoms with E-state index in [-0.39, 0.29) is 36.0 Å². The number of alkyl halides is 1. The monoisotopic (exact) mass is 487 g/mol. The SMILES string of the molecule is COC1CCC(N(CC(=O)NC2CCC(CC#N)CC2)S(=O)(=O)C2CCCCC2)CC1Cl. The Morgan fingerprint density at radius 2 is 1.78 bits per heavy atom. The minimum absolute atomic E-state index is 0.0571. The average Bonchev–Trinajstić information content (AvgIpc) is 2.79. The Bertz CT molecular complexity index is 758. The smallest absolute Gasteiger partial charge is 0.235 e. The zero-order valence-electron chi connectivity index (χ0n) is 19.2. The minimum atomic E-state index is -3.59. The van der Waals surface area contributed by atoms with Crippen LogP contribution in [0.4, 0.5) is 0 Å². The van der Waals surface area contributed by atoms with Gasteiger partial charge in [0.2, 0.25) is 15.9 Å². The summed E-state index contributed by atoms with van der Waals surface area (Å²) in [5.41, 5.74) is 0. The van der Waals surface area contributed by atoms with E-state index in [0.717, 1.165) is 44.9 Å². The lowest BCUT2D eigenvalue weighted by molar-refractivity contribution is -0.122. The molecule has 0 spiro atoms. The van der Waals surface area contributed by atoms with Gasteiger partial charge in [-0.05, 0) is 63.7 Å². The largest absolute Gasteiger partial charge is 0.380 e. The molecule has 7 nitrogen and oxygen atoms in total. The Morgan fingerprint density at radius 3 is 2.38 bits per heavy atom. The summed E-state index contributed by atoms with van der Waals surface area (Å²) < 4.78 is 34.2. The maximum atomic E-state index is 13.6. The summed E-state index contributed by atoms with van der Waals surface area (Å²) in [6, 6.07) is 2.02. The van der Waals surface area contributed by atoms with E-state index in [0.29, 0.717) is 44.4 Å². The lowest BCUT2D eigenvalue weighted by atomic mass is 9.84. The molecule has 3 aliphatic carbocycles. The predicted octanol–water partition coefficient (Wildman–Crippen LogP) is 3.71. The van der Waals surface area contributed by atoms with Crippen LogP contribution in [-0.4, -0.2) is 61.1 Å². The van der Waals surface area contributed by atoms with Crippen molar-refractivity contribution in [1.82, 2.24) is 9.62 Å². The quantitative estimate of drug-likeness (QED) is 0.526. The van der Waals surface area contributed by atoms with Crippen molar-refractivity contribution >= 4 is 27.5 Å². The van der Waals surface area contributed by atoms with Gasteiger partial charge in [-0.3, -0.25) is 4.79 Å². The standard InChI is InChI=1S/C23H38ClN3O4S/c1-31-22-12-11-19(15-21(22)24)27(32(29,30)20-5-3-2-4-6-20)16-23(28)26-18-9-7-17(8-10-18)13-14-25/h17-22H,2-13,15-16H2,1H3,(H,26,28). The lowest BCUT2D eigenvalue weighted by Gasteiger charge is -2.40. The number of halogens is 1. The minimum Gasteiger partial charge on any atom is -0.380 e. The molecule has 3 saturated carbocycles. The van der Waals surface area contributed by atoms with Crippen molar-refractivity contribution in [3.63, 3.8) is 0 Å². The van der Waals surface area contributed by atoms with E-state index < -0.39 is 15.3 Å². The first-order valence-electron chi connectivity index (χ1n) is 12.2. The normalized spacial score (nSPS) is 32.4. The number of sulfonamides is 1. The van der Waals surface area contributed by atoms with Gasteiger partial charge in [0.15, 0.2) is 0 Å². The second-order valence-corrected chi connectivity index (χ2v) is 12.5. The van der Waals surface area contributed by atoms with Gasteiger partial charge < -0.3 is 10.1 Å². The molecule has 0 aromatic carbocycles. The molecule has 1 amide bonds. The molecule has 0 aromatic heterocycles.